The van der Waals surface area contributed by atoms with E-state index < -0.39 is 5.25 Å². The van der Waals surface area contributed by atoms with Gasteiger partial charge in [-0.25, -0.2) is 0 Å². The van der Waals surface area contributed by atoms with E-state index in [4.69, 9.17) is 1.37 Å². The second-order valence-corrected chi connectivity index (χ2v) is 2.56. The van der Waals surface area contributed by atoms with Crippen molar-refractivity contribution >= 4 is 22.9 Å². The van der Waals surface area contributed by atoms with Crippen molar-refractivity contribution in [3.63, 3.8) is 0 Å². The van der Waals surface area contributed by atoms with Crippen molar-refractivity contribution in [2.45, 2.75) is 12.1 Å². The monoisotopic (exact) mass is 133 g/mol. The second-order valence-electron chi connectivity index (χ2n) is 1.38. The molecule has 44 valence electrons. The molecular weight excluding hydrogens is 126 g/mol. The molecule has 0 aromatic rings. The fourth-order valence-corrected chi connectivity index (χ4v) is 0.977. The first-order valence-electron chi connectivity index (χ1n) is 2.75. The number of thioether (sulfide) groups is 1. The summed E-state index contributed by atoms with van der Waals surface area (Å²) in [6, 6.07) is 0. The molecule has 0 bridgehead atoms. The van der Waals surface area contributed by atoms with E-state index >= 15 is 0 Å². The zero-order valence-electron chi connectivity index (χ0n) is 5.01. The Morgan fingerprint density at radius 1 is 1.88 bits per heavy atom. The summed E-state index contributed by atoms with van der Waals surface area (Å²) in [5.41, 5.74) is 0. The summed E-state index contributed by atoms with van der Waals surface area (Å²) in [6.45, 7) is -0.0256. The van der Waals surface area contributed by atoms with Gasteiger partial charge < -0.3 is 0 Å². The molecule has 1 N–H and O–H groups in total. The predicted molar refractivity (Wildman–Crippen MR) is 30.6 cm³/mol. The number of hydrogen-bond acceptors (Lipinski definition) is 3. The smallest absolute Gasteiger partial charge is 0.286 e. The van der Waals surface area contributed by atoms with Gasteiger partial charge in [0.1, 0.15) is 0 Å². The van der Waals surface area contributed by atoms with Gasteiger partial charge in [-0.2, -0.15) is 0 Å². The first-order valence-corrected chi connectivity index (χ1v) is 2.92. The van der Waals surface area contributed by atoms with Crippen LogP contribution in [0.15, 0.2) is 0 Å². The first-order chi connectivity index (χ1) is 4.24. The summed E-state index contributed by atoms with van der Waals surface area (Å²) >= 11 is 0.887. The Balaban J connectivity index is 2.58. The highest BCUT2D eigenvalue weighted by Crippen LogP contribution is 2.16. The Kier molecular flexibility index (Phi) is 0.973. The van der Waals surface area contributed by atoms with Crippen LogP contribution in [0.2, 0.25) is 0 Å². The zero-order valence-corrected chi connectivity index (χ0v) is 4.83. The lowest BCUT2D eigenvalue weighted by molar-refractivity contribution is -0.118. The molecule has 1 aliphatic rings. The van der Waals surface area contributed by atoms with Crippen LogP contribution in [0, 0.1) is 0 Å². The Morgan fingerprint density at radius 3 is 2.88 bits per heavy atom. The molecule has 1 unspecified atom stereocenters. The van der Waals surface area contributed by atoms with Crippen LogP contribution in [0.3, 0.4) is 0 Å². The molecule has 8 heavy (non-hydrogen) atoms. The van der Waals surface area contributed by atoms with Crippen LogP contribution < -0.4 is 5.32 Å². The number of hydrogen-bond donors (Lipinski definition) is 1. The molecule has 1 aliphatic heterocycles. The van der Waals surface area contributed by atoms with E-state index in [1.54, 1.807) is 0 Å². The summed E-state index contributed by atoms with van der Waals surface area (Å²) in [5.74, 6) is -0.333. The average molecular weight is 133 g/mol. The van der Waals surface area contributed by atoms with Crippen molar-refractivity contribution in [2.75, 3.05) is 0 Å². The molecule has 1 atom stereocenters. The lowest BCUT2D eigenvalue weighted by Gasteiger charge is -1.87. The van der Waals surface area contributed by atoms with Gasteiger partial charge in [-0.05, 0) is 6.90 Å². The Morgan fingerprint density at radius 2 is 2.62 bits per heavy atom. The largest absolute Gasteiger partial charge is 0.286 e. The second kappa shape index (κ2) is 1.78. The number of imide groups is 1. The molecule has 0 aromatic heterocycles. The van der Waals surface area contributed by atoms with Crippen LogP contribution in [-0.4, -0.2) is 16.4 Å². The Labute approximate surface area is 52.2 Å². The maximum absolute atomic E-state index is 10.5. The van der Waals surface area contributed by atoms with Crippen LogP contribution in [0.25, 0.3) is 0 Å². The molecule has 0 saturated carbocycles. The van der Waals surface area contributed by atoms with Crippen LogP contribution in [-0.2, 0) is 4.79 Å². The van der Waals surface area contributed by atoms with E-state index in [9.17, 15) is 9.59 Å². The third-order valence-electron chi connectivity index (χ3n) is 0.767. The molecule has 1 saturated heterocycles. The quantitative estimate of drug-likeness (QED) is 0.519. The highest BCUT2D eigenvalue weighted by molar-refractivity contribution is 8.15. The van der Waals surface area contributed by atoms with Crippen molar-refractivity contribution in [3.05, 3.63) is 0 Å². The van der Waals surface area contributed by atoms with E-state index in [1.807, 2.05) is 0 Å². The molecule has 0 radical (unpaired) electrons. The summed E-state index contributed by atoms with van der Waals surface area (Å²) in [4.78, 5) is 20.9. The van der Waals surface area contributed by atoms with Crippen LogP contribution >= 0.6 is 11.8 Å². The minimum atomic E-state index is -0.475. The Bertz CT molecular complexity index is 161. The third-order valence-corrected chi connectivity index (χ3v) is 1.58. The van der Waals surface area contributed by atoms with Gasteiger partial charge in [-0.3, -0.25) is 14.9 Å². The predicted octanol–water partition coefficient (Wildman–Crippen LogP) is 0.358. The van der Waals surface area contributed by atoms with Crippen molar-refractivity contribution in [2.24, 2.45) is 0 Å². The number of rotatable bonds is 0. The van der Waals surface area contributed by atoms with E-state index in [1.165, 1.54) is 0 Å². The summed E-state index contributed by atoms with van der Waals surface area (Å²) < 4.78 is 6.79. The van der Waals surface area contributed by atoms with Gasteiger partial charge in [0.15, 0.2) is 0 Å². The van der Waals surface area contributed by atoms with E-state index in [0.29, 0.717) is 0 Å². The number of carbonyl (C=O) groups excluding carboxylic acids is 2. The lowest BCUT2D eigenvalue weighted by Crippen LogP contribution is -2.22. The van der Waals surface area contributed by atoms with Crippen molar-refractivity contribution in [3.8, 4) is 0 Å². The normalized spacial score (nSPS) is 30.0. The highest BCUT2D eigenvalue weighted by Gasteiger charge is 2.26. The molecule has 0 aromatic carbocycles. The van der Waals surface area contributed by atoms with Crippen molar-refractivity contribution in [1.82, 2.24) is 5.32 Å². The molecular formula is C4H5NO2S. The molecule has 1 fully saturated rings. The van der Waals surface area contributed by atoms with Crippen LogP contribution in [0.4, 0.5) is 4.79 Å². The summed E-state index contributed by atoms with van der Waals surface area (Å²) in [5, 5.41) is 1.27. The minimum Gasteiger partial charge on any atom is -0.286 e. The van der Waals surface area contributed by atoms with Gasteiger partial charge >= 0.3 is 0 Å². The number of nitrogens with one attached hydrogen (secondary N) is 1. The summed E-state index contributed by atoms with van der Waals surface area (Å²) in [7, 11) is 0. The molecule has 0 spiro atoms. The van der Waals surface area contributed by atoms with Gasteiger partial charge in [0.05, 0.1) is 5.25 Å². The van der Waals surface area contributed by atoms with Gasteiger partial charge in [-0.1, -0.05) is 11.8 Å². The molecule has 2 amide bonds. The van der Waals surface area contributed by atoms with E-state index in [0.717, 1.165) is 11.8 Å². The SMILES string of the molecule is [3H]CC1SC(=O)NC1=O. The number of amides is 2. The maximum Gasteiger partial charge on any atom is 0.286 e. The average Bonchev–Trinajstić information content (AvgIpc) is 2.10. The van der Waals surface area contributed by atoms with Gasteiger partial charge in [0.25, 0.3) is 5.24 Å². The number of carbonyl (C=O) groups is 2. The fraction of sp³-hybridized carbons (Fsp3) is 0.500. The van der Waals surface area contributed by atoms with Crippen LogP contribution in [0.5, 0.6) is 0 Å². The van der Waals surface area contributed by atoms with Gasteiger partial charge in [0, 0.05) is 1.37 Å². The minimum absolute atomic E-state index is 0.0256. The fourth-order valence-electron chi connectivity index (χ4n) is 0.393. The standard InChI is InChI=1S/C4H5NO2S/c1-2-3(6)5-4(7)8-2/h2H,1H3,(H,5,6,7)/i1T. The molecule has 3 nitrogen and oxygen atoms in total. The van der Waals surface area contributed by atoms with E-state index in [-0.39, 0.29) is 18.0 Å². The topological polar surface area (TPSA) is 46.2 Å². The van der Waals surface area contributed by atoms with Gasteiger partial charge in [-0.15, -0.1) is 0 Å². The third kappa shape index (κ3) is 0.838. The molecule has 4 heteroatoms. The molecule has 1 heterocycles. The summed E-state index contributed by atoms with van der Waals surface area (Å²) in [6.07, 6.45) is 0. The highest BCUT2D eigenvalue weighted by atomic mass is 32.2. The van der Waals surface area contributed by atoms with Crippen molar-refractivity contribution in [1.29, 1.82) is 0 Å². The molecule has 1 rings (SSSR count). The van der Waals surface area contributed by atoms with Crippen molar-refractivity contribution < 1.29 is 11.0 Å². The maximum atomic E-state index is 10.5. The van der Waals surface area contributed by atoms with E-state index in [2.05, 4.69) is 5.32 Å². The van der Waals surface area contributed by atoms with Crippen LogP contribution in [0.1, 0.15) is 8.27 Å². The van der Waals surface area contributed by atoms with Gasteiger partial charge in [0.2, 0.25) is 5.91 Å². The Hall–Kier alpha value is -0.510. The molecule has 0 aliphatic carbocycles. The first kappa shape index (κ1) is 4.38. The zero-order chi connectivity index (χ0) is 6.85. The lowest BCUT2D eigenvalue weighted by atomic mass is 10.5.